The Bertz CT molecular complexity index is 537. The third kappa shape index (κ3) is 3.02. The monoisotopic (exact) mass is 294 g/mol. The second kappa shape index (κ2) is 5.64. The van der Waals surface area contributed by atoms with Crippen LogP contribution in [0.1, 0.15) is 48.9 Å². The topological polar surface area (TPSA) is 55.8 Å². The number of hydrogen-bond acceptors (Lipinski definition) is 3. The van der Waals surface area contributed by atoms with E-state index >= 15 is 0 Å². The summed E-state index contributed by atoms with van der Waals surface area (Å²) in [5.41, 5.74) is -0.153. The third-order valence-corrected chi connectivity index (χ3v) is 4.44. The molecule has 0 aromatic heterocycles. The number of carboxylic acids is 1. The molecule has 2 fully saturated rings. The van der Waals surface area contributed by atoms with E-state index in [4.69, 9.17) is 14.6 Å². The van der Waals surface area contributed by atoms with Gasteiger partial charge in [0.1, 0.15) is 6.10 Å². The first-order valence-corrected chi connectivity index (χ1v) is 7.41. The van der Waals surface area contributed by atoms with Gasteiger partial charge in [-0.1, -0.05) is 12.8 Å². The van der Waals surface area contributed by atoms with Crippen LogP contribution in [0.3, 0.4) is 0 Å². The molecule has 1 aromatic rings. The summed E-state index contributed by atoms with van der Waals surface area (Å²) in [5, 5.41) is 8.84. The predicted molar refractivity (Wildman–Crippen MR) is 74.2 cm³/mol. The molecule has 1 aliphatic carbocycles. The Morgan fingerprint density at radius 1 is 1.38 bits per heavy atom. The van der Waals surface area contributed by atoms with E-state index in [0.717, 1.165) is 31.7 Å². The highest BCUT2D eigenvalue weighted by atomic mass is 19.1. The first kappa shape index (κ1) is 14.3. The molecule has 0 radical (unpaired) electrons. The van der Waals surface area contributed by atoms with E-state index in [-0.39, 0.29) is 23.0 Å². The van der Waals surface area contributed by atoms with Crippen molar-refractivity contribution in [3.8, 4) is 5.75 Å². The number of halogens is 1. The van der Waals surface area contributed by atoms with Gasteiger partial charge in [0.15, 0.2) is 11.6 Å². The summed E-state index contributed by atoms with van der Waals surface area (Å²) in [5.74, 6) is -1.64. The summed E-state index contributed by atoms with van der Waals surface area (Å²) in [6, 6.07) is 3.77. The lowest BCUT2D eigenvalue weighted by Crippen LogP contribution is -2.41. The molecule has 5 heteroatoms. The van der Waals surface area contributed by atoms with Crippen LogP contribution >= 0.6 is 0 Å². The molecule has 1 aliphatic heterocycles. The van der Waals surface area contributed by atoms with Crippen molar-refractivity contribution in [3.63, 3.8) is 0 Å². The van der Waals surface area contributed by atoms with Gasteiger partial charge in [0.2, 0.25) is 0 Å². The number of ether oxygens (including phenoxy) is 2. The number of carbonyl (C=O) groups is 1. The van der Waals surface area contributed by atoms with E-state index in [9.17, 15) is 9.18 Å². The lowest BCUT2D eigenvalue weighted by Gasteiger charge is -2.38. The molecule has 114 valence electrons. The molecule has 0 amide bonds. The van der Waals surface area contributed by atoms with E-state index in [1.807, 2.05) is 0 Å². The zero-order chi connectivity index (χ0) is 14.9. The second-order valence-corrected chi connectivity index (χ2v) is 5.92. The molecule has 1 N–H and O–H groups in total. The Morgan fingerprint density at radius 3 is 2.81 bits per heavy atom. The Kier molecular flexibility index (Phi) is 3.85. The van der Waals surface area contributed by atoms with E-state index in [1.54, 1.807) is 0 Å². The molecule has 4 nitrogen and oxygen atoms in total. The Balaban J connectivity index is 1.70. The number of aromatic carboxylic acids is 1. The number of rotatable bonds is 3. The smallest absolute Gasteiger partial charge is 0.335 e. The first-order chi connectivity index (χ1) is 10.1. The van der Waals surface area contributed by atoms with Gasteiger partial charge in [-0.2, -0.15) is 0 Å². The van der Waals surface area contributed by atoms with Gasteiger partial charge in [0.05, 0.1) is 17.8 Å². The van der Waals surface area contributed by atoms with Crippen LogP contribution in [0.5, 0.6) is 5.75 Å². The fourth-order valence-electron chi connectivity index (χ4n) is 3.36. The summed E-state index contributed by atoms with van der Waals surface area (Å²) < 4.78 is 25.6. The number of hydrogen-bond donors (Lipinski definition) is 1. The van der Waals surface area contributed by atoms with Crippen LogP contribution < -0.4 is 4.74 Å². The minimum atomic E-state index is -1.14. The van der Waals surface area contributed by atoms with E-state index in [0.29, 0.717) is 6.61 Å². The van der Waals surface area contributed by atoms with Gasteiger partial charge < -0.3 is 14.6 Å². The average molecular weight is 294 g/mol. The molecule has 1 spiro atoms. The highest BCUT2D eigenvalue weighted by Gasteiger charge is 2.40. The molecular weight excluding hydrogens is 275 g/mol. The highest BCUT2D eigenvalue weighted by molar-refractivity contribution is 5.87. The van der Waals surface area contributed by atoms with Crippen molar-refractivity contribution < 1.29 is 23.8 Å². The second-order valence-electron chi connectivity index (χ2n) is 5.92. The normalized spacial score (nSPS) is 24.1. The molecular formula is C16H19FO4. The Labute approximate surface area is 122 Å². The molecule has 0 bridgehead atoms. The van der Waals surface area contributed by atoms with Gasteiger partial charge in [0.25, 0.3) is 0 Å². The quantitative estimate of drug-likeness (QED) is 0.928. The van der Waals surface area contributed by atoms with Crippen molar-refractivity contribution in [2.75, 3.05) is 6.61 Å². The molecule has 1 saturated heterocycles. The summed E-state index contributed by atoms with van der Waals surface area (Å²) in [4.78, 5) is 10.8. The van der Waals surface area contributed by atoms with Gasteiger partial charge in [-0.05, 0) is 31.0 Å². The van der Waals surface area contributed by atoms with E-state index < -0.39 is 11.8 Å². The van der Waals surface area contributed by atoms with Crippen molar-refractivity contribution in [3.05, 3.63) is 29.6 Å². The first-order valence-electron chi connectivity index (χ1n) is 7.41. The maximum atomic E-state index is 13.9. The average Bonchev–Trinajstić information content (AvgIpc) is 2.89. The van der Waals surface area contributed by atoms with Gasteiger partial charge in [-0.15, -0.1) is 0 Å². The SMILES string of the molecule is O=C(O)c1ccc(OC2CCOC3(CCCC3)C2)c(F)c1. The molecule has 1 heterocycles. The maximum Gasteiger partial charge on any atom is 0.335 e. The van der Waals surface area contributed by atoms with Gasteiger partial charge >= 0.3 is 5.97 Å². The predicted octanol–water partition coefficient (Wildman–Crippen LogP) is 3.39. The lowest BCUT2D eigenvalue weighted by molar-refractivity contribution is -0.108. The van der Waals surface area contributed by atoms with Gasteiger partial charge in [-0.25, -0.2) is 9.18 Å². The molecule has 21 heavy (non-hydrogen) atoms. The molecule has 1 aromatic carbocycles. The number of carboxylic acid groups (broad SMARTS) is 1. The van der Waals surface area contributed by atoms with Crippen molar-refractivity contribution in [2.45, 2.75) is 50.2 Å². The van der Waals surface area contributed by atoms with Crippen molar-refractivity contribution in [1.82, 2.24) is 0 Å². The van der Waals surface area contributed by atoms with Gasteiger partial charge in [0, 0.05) is 12.8 Å². The largest absolute Gasteiger partial charge is 0.487 e. The van der Waals surface area contributed by atoms with Crippen LogP contribution in [0, 0.1) is 5.82 Å². The van der Waals surface area contributed by atoms with Crippen LogP contribution in [-0.2, 0) is 4.74 Å². The zero-order valence-electron chi connectivity index (χ0n) is 11.8. The van der Waals surface area contributed by atoms with Crippen LogP contribution in [0.4, 0.5) is 4.39 Å². The standard InChI is InChI=1S/C16H19FO4/c17-13-9-11(15(18)19)3-4-14(13)21-12-5-8-20-16(10-12)6-1-2-7-16/h3-4,9,12H,1-2,5-8,10H2,(H,18,19). The van der Waals surface area contributed by atoms with Crippen LogP contribution in [0.2, 0.25) is 0 Å². The molecule has 1 atom stereocenters. The summed E-state index contributed by atoms with van der Waals surface area (Å²) in [6.45, 7) is 0.638. The van der Waals surface area contributed by atoms with Crippen molar-refractivity contribution >= 4 is 5.97 Å². The fraction of sp³-hybridized carbons (Fsp3) is 0.562. The third-order valence-electron chi connectivity index (χ3n) is 4.44. The minimum Gasteiger partial charge on any atom is -0.487 e. The van der Waals surface area contributed by atoms with E-state index in [1.165, 1.54) is 25.0 Å². The van der Waals surface area contributed by atoms with Crippen molar-refractivity contribution in [1.29, 1.82) is 0 Å². The Hall–Kier alpha value is -1.62. The molecule has 1 unspecified atom stereocenters. The van der Waals surface area contributed by atoms with Crippen molar-refractivity contribution in [2.24, 2.45) is 0 Å². The van der Waals surface area contributed by atoms with E-state index in [2.05, 4.69) is 0 Å². The van der Waals surface area contributed by atoms with Crippen LogP contribution in [0.15, 0.2) is 18.2 Å². The summed E-state index contributed by atoms with van der Waals surface area (Å²) in [6.07, 6.45) is 5.90. The van der Waals surface area contributed by atoms with Gasteiger partial charge in [-0.3, -0.25) is 0 Å². The highest BCUT2D eigenvalue weighted by Crippen LogP contribution is 2.41. The molecule has 2 aliphatic rings. The lowest BCUT2D eigenvalue weighted by atomic mass is 9.90. The summed E-state index contributed by atoms with van der Waals surface area (Å²) in [7, 11) is 0. The number of benzene rings is 1. The zero-order valence-corrected chi connectivity index (χ0v) is 11.8. The van der Waals surface area contributed by atoms with Crippen LogP contribution in [0.25, 0.3) is 0 Å². The van der Waals surface area contributed by atoms with Crippen LogP contribution in [-0.4, -0.2) is 29.4 Å². The maximum absolute atomic E-state index is 13.9. The minimum absolute atomic E-state index is 0.0676. The Morgan fingerprint density at radius 2 is 2.14 bits per heavy atom. The summed E-state index contributed by atoms with van der Waals surface area (Å²) >= 11 is 0. The molecule has 1 saturated carbocycles. The fourth-order valence-corrected chi connectivity index (χ4v) is 3.36. The molecule has 3 rings (SSSR count).